The largest absolute Gasteiger partial charge is 0.303 e. The molecular weight excluding hydrogens is 224 g/mol. The van der Waals surface area contributed by atoms with E-state index in [9.17, 15) is 9.59 Å². The highest BCUT2D eigenvalue weighted by Gasteiger charge is 2.21. The Hall–Kier alpha value is -1.49. The van der Waals surface area contributed by atoms with Crippen LogP contribution in [0.25, 0.3) is 10.2 Å². The number of fused-ring (bicyclic) bond motifs is 3. The summed E-state index contributed by atoms with van der Waals surface area (Å²) in [6.07, 6.45) is 3.11. The summed E-state index contributed by atoms with van der Waals surface area (Å²) in [6.45, 7) is 1.41. The quantitative estimate of drug-likeness (QED) is 0.763. The van der Waals surface area contributed by atoms with E-state index in [-0.39, 0.29) is 17.2 Å². The molecule has 0 saturated heterocycles. The van der Waals surface area contributed by atoms with Crippen LogP contribution in [0.15, 0.2) is 4.79 Å². The molecule has 5 heteroatoms. The number of ketones is 1. The number of aryl methyl sites for hydroxylation is 2. The van der Waals surface area contributed by atoms with E-state index in [1.807, 2.05) is 0 Å². The van der Waals surface area contributed by atoms with Gasteiger partial charge in [0.15, 0.2) is 11.6 Å². The number of hydrogen-bond acceptors (Lipinski definition) is 4. The van der Waals surface area contributed by atoms with Crippen molar-refractivity contribution in [3.05, 3.63) is 26.6 Å². The molecule has 0 spiro atoms. The number of thiophene rings is 1. The van der Waals surface area contributed by atoms with Crippen molar-refractivity contribution < 1.29 is 4.79 Å². The first kappa shape index (κ1) is 9.72. The molecule has 0 atom stereocenters. The summed E-state index contributed by atoms with van der Waals surface area (Å²) < 4.78 is 0. The van der Waals surface area contributed by atoms with E-state index in [4.69, 9.17) is 0 Å². The van der Waals surface area contributed by atoms with Crippen molar-refractivity contribution in [2.45, 2.75) is 26.2 Å². The van der Waals surface area contributed by atoms with Gasteiger partial charge < -0.3 is 4.98 Å². The van der Waals surface area contributed by atoms with Gasteiger partial charge in [-0.1, -0.05) is 0 Å². The van der Waals surface area contributed by atoms with Gasteiger partial charge in [0.2, 0.25) is 0 Å². The number of H-pyrrole nitrogens is 1. The molecule has 2 aromatic rings. The SMILES string of the molecule is CC(=O)c1nc2sc3c(c2c(=O)[nH]1)CCC3. The number of Topliss-reactive ketones (excluding diaryl/α,β-unsaturated/α-hetero) is 1. The van der Waals surface area contributed by atoms with E-state index in [0.29, 0.717) is 10.2 Å². The summed E-state index contributed by atoms with van der Waals surface area (Å²) in [6, 6.07) is 0. The first-order valence-electron chi connectivity index (χ1n) is 5.22. The van der Waals surface area contributed by atoms with Gasteiger partial charge in [0.05, 0.1) is 5.39 Å². The summed E-state index contributed by atoms with van der Waals surface area (Å²) in [5.74, 6) is -0.0371. The highest BCUT2D eigenvalue weighted by Crippen LogP contribution is 2.34. The van der Waals surface area contributed by atoms with Crippen LogP contribution in [0, 0.1) is 0 Å². The molecule has 0 bridgehead atoms. The van der Waals surface area contributed by atoms with Crippen LogP contribution in [-0.2, 0) is 12.8 Å². The average molecular weight is 234 g/mol. The van der Waals surface area contributed by atoms with Crippen LogP contribution in [0.4, 0.5) is 0 Å². The molecule has 0 radical (unpaired) electrons. The zero-order valence-electron chi connectivity index (χ0n) is 8.79. The van der Waals surface area contributed by atoms with Crippen LogP contribution in [-0.4, -0.2) is 15.8 Å². The molecule has 0 aromatic carbocycles. The maximum absolute atomic E-state index is 11.9. The Morgan fingerprint density at radius 1 is 1.44 bits per heavy atom. The zero-order chi connectivity index (χ0) is 11.3. The van der Waals surface area contributed by atoms with Crippen molar-refractivity contribution in [3.63, 3.8) is 0 Å². The fraction of sp³-hybridized carbons (Fsp3) is 0.364. The number of nitrogens with zero attached hydrogens (tertiary/aromatic N) is 1. The molecule has 0 amide bonds. The van der Waals surface area contributed by atoms with Crippen molar-refractivity contribution in [2.24, 2.45) is 0 Å². The standard InChI is InChI=1S/C11H10N2O2S/c1-5(14)9-12-10(15)8-6-3-2-4-7(6)16-11(8)13-9/h2-4H2,1H3,(H,12,13,15). The minimum Gasteiger partial charge on any atom is -0.303 e. The van der Waals surface area contributed by atoms with Gasteiger partial charge in [-0.25, -0.2) is 4.98 Å². The van der Waals surface area contributed by atoms with Crippen molar-refractivity contribution >= 4 is 27.3 Å². The predicted octanol–water partition coefficient (Wildman–Crippen LogP) is 1.68. The Morgan fingerprint density at radius 3 is 3.00 bits per heavy atom. The Morgan fingerprint density at radius 2 is 2.25 bits per heavy atom. The third-order valence-corrected chi connectivity index (χ3v) is 4.09. The number of aromatic amines is 1. The lowest BCUT2D eigenvalue weighted by molar-refractivity contribution is 0.100. The van der Waals surface area contributed by atoms with Crippen molar-refractivity contribution in [1.29, 1.82) is 0 Å². The van der Waals surface area contributed by atoms with Gasteiger partial charge in [0, 0.05) is 11.8 Å². The molecule has 0 saturated carbocycles. The summed E-state index contributed by atoms with van der Waals surface area (Å²) in [4.78, 5) is 31.8. The van der Waals surface area contributed by atoms with Gasteiger partial charge in [-0.05, 0) is 24.8 Å². The normalized spacial score (nSPS) is 14.3. The Bertz CT molecular complexity index is 654. The lowest BCUT2D eigenvalue weighted by Crippen LogP contribution is -2.14. The van der Waals surface area contributed by atoms with Crippen LogP contribution < -0.4 is 5.56 Å². The molecule has 2 aromatic heterocycles. The molecular formula is C11H10N2O2S. The van der Waals surface area contributed by atoms with Crippen LogP contribution in [0.2, 0.25) is 0 Å². The molecule has 3 rings (SSSR count). The van der Waals surface area contributed by atoms with Gasteiger partial charge in [-0.15, -0.1) is 11.3 Å². The smallest absolute Gasteiger partial charge is 0.260 e. The van der Waals surface area contributed by atoms with Crippen molar-refractivity contribution in [3.8, 4) is 0 Å². The van der Waals surface area contributed by atoms with Gasteiger partial charge >= 0.3 is 0 Å². The molecule has 0 unspecified atom stereocenters. The van der Waals surface area contributed by atoms with Crippen LogP contribution in [0.1, 0.15) is 34.4 Å². The topological polar surface area (TPSA) is 62.8 Å². The number of carbonyl (C=O) groups is 1. The summed E-state index contributed by atoms with van der Waals surface area (Å²) in [5, 5.41) is 0.697. The minimum atomic E-state index is -0.201. The molecule has 0 aliphatic heterocycles. The number of carbonyl (C=O) groups excluding carboxylic acids is 1. The Balaban J connectivity index is 2.38. The average Bonchev–Trinajstić information content (AvgIpc) is 2.75. The van der Waals surface area contributed by atoms with E-state index in [1.165, 1.54) is 11.8 Å². The molecule has 1 aliphatic rings. The Kier molecular flexibility index (Phi) is 1.97. The lowest BCUT2D eigenvalue weighted by atomic mass is 10.2. The second-order valence-corrected chi connectivity index (χ2v) is 5.09. The first-order chi connectivity index (χ1) is 7.66. The van der Waals surface area contributed by atoms with E-state index < -0.39 is 0 Å². The van der Waals surface area contributed by atoms with Crippen LogP contribution in [0.5, 0.6) is 0 Å². The van der Waals surface area contributed by atoms with Gasteiger partial charge in [0.1, 0.15) is 4.83 Å². The minimum absolute atomic E-state index is 0.164. The van der Waals surface area contributed by atoms with E-state index in [2.05, 4.69) is 9.97 Å². The maximum atomic E-state index is 11.9. The fourth-order valence-corrected chi connectivity index (χ4v) is 3.43. The van der Waals surface area contributed by atoms with Crippen LogP contribution in [0.3, 0.4) is 0 Å². The number of hydrogen-bond donors (Lipinski definition) is 1. The molecule has 0 fully saturated rings. The van der Waals surface area contributed by atoms with E-state index in [0.717, 1.165) is 24.8 Å². The van der Waals surface area contributed by atoms with Crippen LogP contribution >= 0.6 is 11.3 Å². The predicted molar refractivity (Wildman–Crippen MR) is 62.3 cm³/mol. The Labute approximate surface area is 95.3 Å². The highest BCUT2D eigenvalue weighted by atomic mass is 32.1. The monoisotopic (exact) mass is 234 g/mol. The third-order valence-electron chi connectivity index (χ3n) is 2.91. The summed E-state index contributed by atoms with van der Waals surface area (Å²) >= 11 is 1.55. The molecule has 2 heterocycles. The second-order valence-electron chi connectivity index (χ2n) is 4.01. The second kappa shape index (κ2) is 3.25. The molecule has 4 nitrogen and oxygen atoms in total. The van der Waals surface area contributed by atoms with E-state index in [1.54, 1.807) is 11.3 Å². The maximum Gasteiger partial charge on any atom is 0.260 e. The zero-order valence-corrected chi connectivity index (χ0v) is 9.61. The van der Waals surface area contributed by atoms with Gasteiger partial charge in [-0.3, -0.25) is 9.59 Å². The van der Waals surface area contributed by atoms with Gasteiger partial charge in [0.25, 0.3) is 5.56 Å². The number of rotatable bonds is 1. The molecule has 16 heavy (non-hydrogen) atoms. The van der Waals surface area contributed by atoms with Crippen molar-refractivity contribution in [2.75, 3.05) is 0 Å². The van der Waals surface area contributed by atoms with E-state index >= 15 is 0 Å². The number of aromatic nitrogens is 2. The third kappa shape index (κ3) is 1.24. The summed E-state index contributed by atoms with van der Waals surface area (Å²) in [5.41, 5.74) is 0.971. The molecule has 1 aliphatic carbocycles. The first-order valence-corrected chi connectivity index (χ1v) is 6.04. The highest BCUT2D eigenvalue weighted by molar-refractivity contribution is 7.18. The lowest BCUT2D eigenvalue weighted by Gasteiger charge is -1.96. The fourth-order valence-electron chi connectivity index (χ4n) is 2.17. The molecule has 82 valence electrons. The van der Waals surface area contributed by atoms with Crippen molar-refractivity contribution in [1.82, 2.24) is 9.97 Å². The molecule has 1 N–H and O–H groups in total. The number of nitrogens with one attached hydrogen (secondary N) is 1. The summed E-state index contributed by atoms with van der Waals surface area (Å²) in [7, 11) is 0. The van der Waals surface area contributed by atoms with Gasteiger partial charge in [-0.2, -0.15) is 0 Å².